The van der Waals surface area contributed by atoms with Crippen LogP contribution in [-0.2, 0) is 4.79 Å². The summed E-state index contributed by atoms with van der Waals surface area (Å²) in [6.45, 7) is 5.07. The van der Waals surface area contributed by atoms with Crippen molar-refractivity contribution < 1.29 is 9.59 Å². The Morgan fingerprint density at radius 2 is 2.00 bits per heavy atom. The summed E-state index contributed by atoms with van der Waals surface area (Å²) < 4.78 is 0. The predicted octanol–water partition coefficient (Wildman–Crippen LogP) is 1.52. The Balaban J connectivity index is 2.62. The van der Waals surface area contributed by atoms with Crippen molar-refractivity contribution in [2.75, 3.05) is 13.1 Å². The molecule has 1 heterocycles. The number of carbonyl (C=O) groups is 2. The second-order valence-electron chi connectivity index (χ2n) is 3.41. The molecule has 0 saturated carbocycles. The van der Waals surface area contributed by atoms with E-state index >= 15 is 0 Å². The minimum atomic E-state index is -0.176. The highest BCUT2D eigenvalue weighted by Crippen LogP contribution is 2.03. The topological polar surface area (TPSA) is 50.3 Å². The number of hydrogen-bond donors (Lipinski definition) is 0. The molecule has 86 valence electrons. The fourth-order valence-electron chi connectivity index (χ4n) is 1.46. The van der Waals surface area contributed by atoms with Crippen LogP contribution in [0.25, 0.3) is 0 Å². The number of rotatable bonds is 5. The molecule has 0 saturated heterocycles. The van der Waals surface area contributed by atoms with Gasteiger partial charge in [-0.3, -0.25) is 14.6 Å². The first-order valence-electron chi connectivity index (χ1n) is 5.40. The van der Waals surface area contributed by atoms with E-state index in [1.807, 2.05) is 13.8 Å². The van der Waals surface area contributed by atoms with Crippen LogP contribution in [0.15, 0.2) is 24.5 Å². The van der Waals surface area contributed by atoms with Crippen LogP contribution < -0.4 is 0 Å². The third-order valence-corrected chi connectivity index (χ3v) is 2.41. The SMILES string of the molecule is CCN(CC)C(=O)CC(=O)c1cccnc1. The van der Waals surface area contributed by atoms with Crippen molar-refractivity contribution in [1.29, 1.82) is 0 Å². The summed E-state index contributed by atoms with van der Waals surface area (Å²) in [5, 5.41) is 0. The van der Waals surface area contributed by atoms with Crippen LogP contribution in [0.2, 0.25) is 0 Å². The minimum Gasteiger partial charge on any atom is -0.343 e. The van der Waals surface area contributed by atoms with Gasteiger partial charge in [0, 0.05) is 31.0 Å². The van der Waals surface area contributed by atoms with E-state index in [1.165, 1.54) is 6.20 Å². The zero-order chi connectivity index (χ0) is 12.0. The molecule has 0 spiro atoms. The molecule has 0 aliphatic carbocycles. The molecule has 0 aliphatic rings. The van der Waals surface area contributed by atoms with Gasteiger partial charge < -0.3 is 4.90 Å². The van der Waals surface area contributed by atoms with E-state index in [-0.39, 0.29) is 18.1 Å². The van der Waals surface area contributed by atoms with E-state index in [9.17, 15) is 9.59 Å². The monoisotopic (exact) mass is 220 g/mol. The van der Waals surface area contributed by atoms with Crippen molar-refractivity contribution in [3.63, 3.8) is 0 Å². The second-order valence-corrected chi connectivity index (χ2v) is 3.41. The van der Waals surface area contributed by atoms with Crippen molar-refractivity contribution in [3.05, 3.63) is 30.1 Å². The highest BCUT2D eigenvalue weighted by Gasteiger charge is 2.15. The van der Waals surface area contributed by atoms with Crippen LogP contribution in [-0.4, -0.2) is 34.7 Å². The van der Waals surface area contributed by atoms with Gasteiger partial charge in [-0.05, 0) is 26.0 Å². The normalized spacial score (nSPS) is 9.88. The quantitative estimate of drug-likeness (QED) is 0.558. The fraction of sp³-hybridized carbons (Fsp3) is 0.417. The Bertz CT molecular complexity index is 359. The highest BCUT2D eigenvalue weighted by molar-refractivity contribution is 6.07. The minimum absolute atomic E-state index is 0.0760. The second kappa shape index (κ2) is 6.00. The molecule has 16 heavy (non-hydrogen) atoms. The van der Waals surface area contributed by atoms with Gasteiger partial charge in [0.05, 0.1) is 6.42 Å². The average Bonchev–Trinajstić information content (AvgIpc) is 2.31. The molecule has 4 heteroatoms. The first kappa shape index (κ1) is 12.4. The third kappa shape index (κ3) is 3.15. The maximum absolute atomic E-state index is 11.7. The van der Waals surface area contributed by atoms with Gasteiger partial charge in [-0.1, -0.05) is 0 Å². The van der Waals surface area contributed by atoms with Gasteiger partial charge in [0.2, 0.25) is 5.91 Å². The summed E-state index contributed by atoms with van der Waals surface area (Å²) >= 11 is 0. The molecule has 0 bridgehead atoms. The van der Waals surface area contributed by atoms with Gasteiger partial charge in [0.1, 0.15) is 0 Å². The Morgan fingerprint density at radius 1 is 1.31 bits per heavy atom. The first-order chi connectivity index (χ1) is 7.69. The lowest BCUT2D eigenvalue weighted by Crippen LogP contribution is -2.32. The number of nitrogens with zero attached hydrogens (tertiary/aromatic N) is 2. The molecular formula is C12H16N2O2. The van der Waals surface area contributed by atoms with E-state index in [0.717, 1.165) is 0 Å². The number of amides is 1. The predicted molar refractivity (Wildman–Crippen MR) is 61.1 cm³/mol. The zero-order valence-corrected chi connectivity index (χ0v) is 9.64. The van der Waals surface area contributed by atoms with Crippen LogP contribution in [0.1, 0.15) is 30.6 Å². The average molecular weight is 220 g/mol. The molecule has 0 N–H and O–H groups in total. The summed E-state index contributed by atoms with van der Waals surface area (Å²) in [5.41, 5.74) is 0.489. The summed E-state index contributed by atoms with van der Waals surface area (Å²) in [6.07, 6.45) is 3.01. The number of ketones is 1. The molecule has 0 fully saturated rings. The summed E-state index contributed by atoms with van der Waals surface area (Å²) in [5.74, 6) is -0.302. The summed E-state index contributed by atoms with van der Waals surface area (Å²) in [4.78, 5) is 28.9. The van der Waals surface area contributed by atoms with Crippen LogP contribution in [0.3, 0.4) is 0 Å². The summed E-state index contributed by atoms with van der Waals surface area (Å²) in [6, 6.07) is 3.36. The van der Waals surface area contributed by atoms with Crippen molar-refractivity contribution in [2.45, 2.75) is 20.3 Å². The summed E-state index contributed by atoms with van der Waals surface area (Å²) in [7, 11) is 0. The van der Waals surface area contributed by atoms with E-state index in [2.05, 4.69) is 4.98 Å². The van der Waals surface area contributed by atoms with Gasteiger partial charge in [0.25, 0.3) is 0 Å². The van der Waals surface area contributed by atoms with Crippen LogP contribution in [0.4, 0.5) is 0 Å². The van der Waals surface area contributed by atoms with Gasteiger partial charge >= 0.3 is 0 Å². The van der Waals surface area contributed by atoms with Crippen molar-refractivity contribution in [3.8, 4) is 0 Å². The van der Waals surface area contributed by atoms with Crippen molar-refractivity contribution in [2.24, 2.45) is 0 Å². The molecule has 0 radical (unpaired) electrons. The fourth-order valence-corrected chi connectivity index (χ4v) is 1.46. The van der Waals surface area contributed by atoms with E-state index in [4.69, 9.17) is 0 Å². The maximum Gasteiger partial charge on any atom is 0.230 e. The van der Waals surface area contributed by atoms with E-state index in [0.29, 0.717) is 18.7 Å². The Labute approximate surface area is 95.3 Å². The van der Waals surface area contributed by atoms with Gasteiger partial charge in [0.15, 0.2) is 5.78 Å². The van der Waals surface area contributed by atoms with E-state index in [1.54, 1.807) is 23.2 Å². The Hall–Kier alpha value is -1.71. The molecule has 1 aromatic rings. The number of hydrogen-bond acceptors (Lipinski definition) is 3. The van der Waals surface area contributed by atoms with Crippen LogP contribution in [0, 0.1) is 0 Å². The molecule has 0 aliphatic heterocycles. The van der Waals surface area contributed by atoms with Crippen LogP contribution >= 0.6 is 0 Å². The van der Waals surface area contributed by atoms with Crippen molar-refractivity contribution >= 4 is 11.7 Å². The lowest BCUT2D eigenvalue weighted by atomic mass is 10.1. The number of carbonyl (C=O) groups excluding carboxylic acids is 2. The number of pyridine rings is 1. The van der Waals surface area contributed by atoms with Crippen molar-refractivity contribution in [1.82, 2.24) is 9.88 Å². The Morgan fingerprint density at radius 3 is 2.50 bits per heavy atom. The molecule has 0 unspecified atom stereocenters. The molecule has 1 aromatic heterocycles. The molecule has 0 aromatic carbocycles. The lowest BCUT2D eigenvalue weighted by Gasteiger charge is -2.17. The highest BCUT2D eigenvalue weighted by atomic mass is 16.2. The molecular weight excluding hydrogens is 204 g/mol. The van der Waals surface area contributed by atoms with Gasteiger partial charge in [-0.2, -0.15) is 0 Å². The first-order valence-corrected chi connectivity index (χ1v) is 5.40. The lowest BCUT2D eigenvalue weighted by molar-refractivity contribution is -0.129. The van der Waals surface area contributed by atoms with Gasteiger partial charge in [-0.15, -0.1) is 0 Å². The molecule has 1 rings (SSSR count). The molecule has 1 amide bonds. The third-order valence-electron chi connectivity index (χ3n) is 2.41. The smallest absolute Gasteiger partial charge is 0.230 e. The number of aromatic nitrogens is 1. The largest absolute Gasteiger partial charge is 0.343 e. The van der Waals surface area contributed by atoms with Crippen LogP contribution in [0.5, 0.6) is 0 Å². The Kier molecular flexibility index (Phi) is 4.64. The zero-order valence-electron chi connectivity index (χ0n) is 9.64. The molecule has 0 atom stereocenters. The molecule has 4 nitrogen and oxygen atoms in total. The van der Waals surface area contributed by atoms with Gasteiger partial charge in [-0.25, -0.2) is 0 Å². The standard InChI is InChI=1S/C12H16N2O2/c1-3-14(4-2)12(16)8-11(15)10-6-5-7-13-9-10/h5-7,9H,3-4,8H2,1-2H3. The maximum atomic E-state index is 11.7. The number of Topliss-reactive ketones (excluding diaryl/α,β-unsaturated/α-hetero) is 1. The van der Waals surface area contributed by atoms with E-state index < -0.39 is 0 Å².